The topological polar surface area (TPSA) is 95.3 Å². The first-order chi connectivity index (χ1) is 17.1. The van der Waals surface area contributed by atoms with Gasteiger partial charge in [0.05, 0.1) is 44.4 Å². The highest BCUT2D eigenvalue weighted by Gasteiger charge is 2.65. The summed E-state index contributed by atoms with van der Waals surface area (Å²) in [4.78, 5) is 41.7. The first-order valence-corrected chi connectivity index (χ1v) is 11.3. The number of nitrogens with zero attached hydrogens (tertiary/aromatic N) is 1. The van der Waals surface area contributed by atoms with Gasteiger partial charge in [-0.25, -0.2) is 0 Å². The van der Waals surface area contributed by atoms with Gasteiger partial charge in [-0.15, -0.1) is 0 Å². The van der Waals surface area contributed by atoms with Crippen LogP contribution in [0.3, 0.4) is 0 Å². The summed E-state index contributed by atoms with van der Waals surface area (Å²) in [6, 6.07) is 20.1. The average Bonchev–Trinajstić information content (AvgIpc) is 3.55. The fourth-order valence-corrected chi connectivity index (χ4v) is 5.46. The molecule has 8 nitrogen and oxygen atoms in total. The molecule has 2 saturated heterocycles. The van der Waals surface area contributed by atoms with Crippen LogP contribution in [0.15, 0.2) is 83.5 Å². The lowest BCUT2D eigenvalue weighted by molar-refractivity contribution is -0.180. The number of carbonyl (C=O) groups is 3. The van der Waals surface area contributed by atoms with E-state index in [0.29, 0.717) is 5.76 Å². The van der Waals surface area contributed by atoms with Gasteiger partial charge in [0, 0.05) is 0 Å². The number of cyclic esters (lactones) is 1. The Hall–Kier alpha value is -3.91. The van der Waals surface area contributed by atoms with E-state index < -0.39 is 54.0 Å². The Bertz CT molecular complexity index is 1190. The van der Waals surface area contributed by atoms with E-state index in [1.165, 1.54) is 20.5 Å². The van der Waals surface area contributed by atoms with Crippen molar-refractivity contribution in [2.75, 3.05) is 14.2 Å². The molecule has 3 heterocycles. The Morgan fingerprint density at radius 2 is 1.31 bits per heavy atom. The van der Waals surface area contributed by atoms with E-state index in [2.05, 4.69) is 0 Å². The molecule has 0 aliphatic carbocycles. The average molecular weight is 475 g/mol. The number of rotatable bonds is 5. The number of hydrogen-bond acceptors (Lipinski definition) is 8. The van der Waals surface area contributed by atoms with Crippen LogP contribution in [0.2, 0.25) is 0 Å². The lowest BCUT2D eigenvalue weighted by Gasteiger charge is -2.44. The minimum Gasteiger partial charge on any atom is -0.469 e. The largest absolute Gasteiger partial charge is 0.469 e. The van der Waals surface area contributed by atoms with Crippen LogP contribution in [0.1, 0.15) is 35.1 Å². The smallest absolute Gasteiger partial charge is 0.325 e. The van der Waals surface area contributed by atoms with Gasteiger partial charge in [0.2, 0.25) is 0 Å². The second-order valence-corrected chi connectivity index (χ2v) is 8.57. The van der Waals surface area contributed by atoms with E-state index in [4.69, 9.17) is 18.6 Å². The van der Waals surface area contributed by atoms with Gasteiger partial charge >= 0.3 is 17.9 Å². The van der Waals surface area contributed by atoms with E-state index in [9.17, 15) is 14.4 Å². The van der Waals surface area contributed by atoms with Crippen LogP contribution in [0.25, 0.3) is 0 Å². The van der Waals surface area contributed by atoms with Crippen LogP contribution in [-0.2, 0) is 28.6 Å². The second kappa shape index (κ2) is 9.38. The molecule has 6 atom stereocenters. The number of morpholine rings is 1. The normalized spacial score (nSPS) is 28.1. The fraction of sp³-hybridized carbons (Fsp3) is 0.296. The Kier molecular flexibility index (Phi) is 6.13. The highest BCUT2D eigenvalue weighted by atomic mass is 16.6. The van der Waals surface area contributed by atoms with Crippen molar-refractivity contribution in [2.45, 2.75) is 24.2 Å². The van der Waals surface area contributed by atoms with Crippen LogP contribution in [0.4, 0.5) is 0 Å². The maximum Gasteiger partial charge on any atom is 0.325 e. The van der Waals surface area contributed by atoms with Crippen molar-refractivity contribution in [3.63, 3.8) is 0 Å². The standard InChI is InChI=1S/C27H25NO7/c1-32-25(29)19-20(26(30)33-2)23-27(31)35-24(17-12-7-4-8-13-17)21(16-10-5-3-6-11-16)28(23)22(19)18-14-9-15-34-18/h3-15,19-24H,1-2H3/t19-,20+,21-,22+,23-,24+/m0/s1. The van der Waals surface area contributed by atoms with Crippen molar-refractivity contribution in [3.8, 4) is 0 Å². The molecule has 2 fully saturated rings. The van der Waals surface area contributed by atoms with Crippen LogP contribution >= 0.6 is 0 Å². The number of carbonyl (C=O) groups excluding carboxylic acids is 3. The Morgan fingerprint density at radius 3 is 1.86 bits per heavy atom. The highest BCUT2D eigenvalue weighted by molar-refractivity contribution is 5.91. The highest BCUT2D eigenvalue weighted by Crippen LogP contribution is 2.56. The predicted molar refractivity (Wildman–Crippen MR) is 123 cm³/mol. The zero-order valence-electron chi connectivity index (χ0n) is 19.3. The number of hydrogen-bond donors (Lipinski definition) is 0. The molecule has 180 valence electrons. The van der Waals surface area contributed by atoms with Crippen LogP contribution in [-0.4, -0.2) is 43.1 Å². The van der Waals surface area contributed by atoms with Gasteiger partial charge in [0.25, 0.3) is 0 Å². The number of ether oxygens (including phenoxy) is 3. The molecule has 0 amide bonds. The van der Waals surface area contributed by atoms with E-state index in [1.807, 2.05) is 65.6 Å². The Balaban J connectivity index is 1.75. The molecule has 1 aromatic heterocycles. The van der Waals surface area contributed by atoms with Gasteiger partial charge in [0.15, 0.2) is 0 Å². The number of benzene rings is 2. The summed E-state index contributed by atoms with van der Waals surface area (Å²) in [6.07, 6.45) is 0.813. The first kappa shape index (κ1) is 22.9. The van der Waals surface area contributed by atoms with E-state index in [1.54, 1.807) is 12.1 Å². The minimum absolute atomic E-state index is 0.444. The molecule has 0 radical (unpaired) electrons. The van der Waals surface area contributed by atoms with Gasteiger partial charge in [-0.05, 0) is 23.3 Å². The molecular weight excluding hydrogens is 450 g/mol. The number of fused-ring (bicyclic) bond motifs is 1. The predicted octanol–water partition coefficient (Wildman–Crippen LogP) is 3.62. The molecule has 2 aliphatic rings. The molecule has 0 spiro atoms. The van der Waals surface area contributed by atoms with Crippen molar-refractivity contribution in [3.05, 3.63) is 95.9 Å². The zero-order valence-corrected chi connectivity index (χ0v) is 19.3. The molecule has 0 N–H and O–H groups in total. The molecule has 35 heavy (non-hydrogen) atoms. The third-order valence-electron chi connectivity index (χ3n) is 6.85. The molecule has 5 rings (SSSR count). The van der Waals surface area contributed by atoms with Crippen molar-refractivity contribution in [1.82, 2.24) is 4.90 Å². The van der Waals surface area contributed by atoms with E-state index in [0.717, 1.165) is 11.1 Å². The van der Waals surface area contributed by atoms with E-state index in [-0.39, 0.29) is 0 Å². The molecule has 8 heteroatoms. The molecule has 0 bridgehead atoms. The second-order valence-electron chi connectivity index (χ2n) is 8.57. The quantitative estimate of drug-likeness (QED) is 0.408. The SMILES string of the molecule is COC(=O)[C@@H]1[C@H](C(=O)OC)[C@@H](c2ccco2)N2[C@@H]1C(=O)O[C@H](c1ccccc1)[C@@H]2c1ccccc1. The minimum atomic E-state index is -1.14. The first-order valence-electron chi connectivity index (χ1n) is 11.3. The van der Waals surface area contributed by atoms with Crippen LogP contribution < -0.4 is 0 Å². The summed E-state index contributed by atoms with van der Waals surface area (Å²) in [6.45, 7) is 0. The van der Waals surface area contributed by atoms with Crippen molar-refractivity contribution < 1.29 is 33.0 Å². The summed E-state index contributed by atoms with van der Waals surface area (Å²) >= 11 is 0. The van der Waals surface area contributed by atoms with Gasteiger partial charge < -0.3 is 18.6 Å². The molecule has 0 unspecified atom stereocenters. The van der Waals surface area contributed by atoms with Gasteiger partial charge in [-0.3, -0.25) is 19.3 Å². The molecule has 3 aromatic rings. The van der Waals surface area contributed by atoms with E-state index >= 15 is 0 Å². The van der Waals surface area contributed by atoms with Crippen molar-refractivity contribution in [1.29, 1.82) is 0 Å². The Labute approximate surface area is 202 Å². The zero-order chi connectivity index (χ0) is 24.5. The lowest BCUT2D eigenvalue weighted by Crippen LogP contribution is -2.52. The lowest BCUT2D eigenvalue weighted by atomic mass is 9.86. The monoisotopic (exact) mass is 475 g/mol. The maximum absolute atomic E-state index is 13.6. The van der Waals surface area contributed by atoms with Crippen LogP contribution in [0.5, 0.6) is 0 Å². The molecule has 0 saturated carbocycles. The van der Waals surface area contributed by atoms with Crippen molar-refractivity contribution in [2.24, 2.45) is 11.8 Å². The third kappa shape index (κ3) is 3.80. The van der Waals surface area contributed by atoms with Crippen LogP contribution in [0, 0.1) is 11.8 Å². The van der Waals surface area contributed by atoms with Gasteiger partial charge in [-0.2, -0.15) is 0 Å². The molecule has 2 aromatic carbocycles. The summed E-state index contributed by atoms with van der Waals surface area (Å²) in [7, 11) is 2.49. The molecular formula is C27H25NO7. The number of esters is 3. The van der Waals surface area contributed by atoms with Gasteiger partial charge in [0.1, 0.15) is 17.9 Å². The summed E-state index contributed by atoms with van der Waals surface area (Å²) < 4.78 is 22.0. The number of methoxy groups -OCH3 is 2. The van der Waals surface area contributed by atoms with Crippen molar-refractivity contribution >= 4 is 17.9 Å². The number of furan rings is 1. The fourth-order valence-electron chi connectivity index (χ4n) is 5.46. The maximum atomic E-state index is 13.6. The summed E-state index contributed by atoms with van der Waals surface area (Å²) in [5.41, 5.74) is 1.66. The Morgan fingerprint density at radius 1 is 0.743 bits per heavy atom. The summed E-state index contributed by atoms with van der Waals surface area (Å²) in [5.74, 6) is -3.67. The van der Waals surface area contributed by atoms with Gasteiger partial charge in [-0.1, -0.05) is 60.7 Å². The molecule has 2 aliphatic heterocycles. The summed E-state index contributed by atoms with van der Waals surface area (Å²) in [5, 5.41) is 0. The third-order valence-corrected chi connectivity index (χ3v) is 6.85.